The lowest BCUT2D eigenvalue weighted by Gasteiger charge is -2.05. The highest BCUT2D eigenvalue weighted by Crippen LogP contribution is 2.25. The number of sulfone groups is 1. The van der Waals surface area contributed by atoms with Gasteiger partial charge in [0.25, 0.3) is 0 Å². The molecule has 0 atom stereocenters. The maximum absolute atomic E-state index is 11.5. The maximum Gasteiger partial charge on any atom is 0.175 e. The molecule has 112 valence electrons. The number of aromatic nitrogens is 1. The molecule has 3 rings (SSSR count). The zero-order valence-electron chi connectivity index (χ0n) is 12.3. The van der Waals surface area contributed by atoms with Crippen molar-refractivity contribution in [2.75, 3.05) is 6.26 Å². The van der Waals surface area contributed by atoms with Gasteiger partial charge in [-0.2, -0.15) is 0 Å². The second-order valence-corrected chi connectivity index (χ2v) is 7.37. The molecule has 1 aromatic heterocycles. The summed E-state index contributed by atoms with van der Waals surface area (Å²) >= 11 is 0. The Morgan fingerprint density at radius 1 is 0.909 bits per heavy atom. The molecule has 0 radical (unpaired) electrons. The number of nitrogens with one attached hydrogen (secondary N) is 1. The fraction of sp³-hybridized carbons (Fsp3) is 0.111. The number of hydrogen-bond acceptors (Lipinski definition) is 2. The van der Waals surface area contributed by atoms with Gasteiger partial charge in [0.05, 0.1) is 4.90 Å². The molecule has 0 saturated heterocycles. The summed E-state index contributed by atoms with van der Waals surface area (Å²) in [6, 6.07) is 17.3. The van der Waals surface area contributed by atoms with Crippen molar-refractivity contribution in [3.8, 4) is 11.1 Å². The van der Waals surface area contributed by atoms with Crippen molar-refractivity contribution in [2.45, 2.75) is 11.3 Å². The van der Waals surface area contributed by atoms with E-state index in [0.717, 1.165) is 12.0 Å². The number of aromatic amines is 1. The largest absolute Gasteiger partial charge is 0.367 e. The van der Waals surface area contributed by atoms with Crippen molar-refractivity contribution in [1.29, 1.82) is 0 Å². The summed E-state index contributed by atoms with van der Waals surface area (Å²) in [6.07, 6.45) is 5.97. The van der Waals surface area contributed by atoms with E-state index in [-0.39, 0.29) is 0 Å². The topological polar surface area (TPSA) is 49.9 Å². The predicted molar refractivity (Wildman–Crippen MR) is 88.6 cm³/mol. The Morgan fingerprint density at radius 2 is 1.59 bits per heavy atom. The summed E-state index contributed by atoms with van der Waals surface area (Å²) in [5.74, 6) is 0. The monoisotopic (exact) mass is 311 g/mol. The van der Waals surface area contributed by atoms with Gasteiger partial charge in [0.1, 0.15) is 0 Å². The molecule has 22 heavy (non-hydrogen) atoms. The molecule has 0 aliphatic carbocycles. The average Bonchev–Trinajstić information content (AvgIpc) is 2.96. The van der Waals surface area contributed by atoms with Crippen molar-refractivity contribution in [1.82, 2.24) is 4.98 Å². The zero-order chi connectivity index (χ0) is 15.6. The highest BCUT2D eigenvalue weighted by Gasteiger charge is 2.09. The highest BCUT2D eigenvalue weighted by molar-refractivity contribution is 7.90. The van der Waals surface area contributed by atoms with Gasteiger partial charge in [-0.15, -0.1) is 0 Å². The van der Waals surface area contributed by atoms with Crippen LogP contribution in [0.2, 0.25) is 0 Å². The van der Waals surface area contributed by atoms with Gasteiger partial charge < -0.3 is 4.98 Å². The Kier molecular flexibility index (Phi) is 3.86. The Balaban J connectivity index is 1.87. The highest BCUT2D eigenvalue weighted by atomic mass is 32.2. The van der Waals surface area contributed by atoms with E-state index in [1.165, 1.54) is 22.9 Å². The van der Waals surface area contributed by atoms with Gasteiger partial charge in [0.15, 0.2) is 9.84 Å². The SMILES string of the molecule is CS(=O)(=O)c1ccc(Cc2c[nH]cc2-c2ccccc2)cc1. The van der Waals surface area contributed by atoms with E-state index in [1.807, 2.05) is 42.7 Å². The smallest absolute Gasteiger partial charge is 0.175 e. The Morgan fingerprint density at radius 3 is 2.23 bits per heavy atom. The Labute approximate surface area is 130 Å². The van der Waals surface area contributed by atoms with Crippen molar-refractivity contribution in [3.63, 3.8) is 0 Å². The van der Waals surface area contributed by atoms with Crippen LogP contribution in [0.1, 0.15) is 11.1 Å². The van der Waals surface area contributed by atoms with E-state index >= 15 is 0 Å². The van der Waals surface area contributed by atoms with Crippen LogP contribution >= 0.6 is 0 Å². The van der Waals surface area contributed by atoms with E-state index in [9.17, 15) is 8.42 Å². The normalized spacial score (nSPS) is 11.5. The van der Waals surface area contributed by atoms with Crippen LogP contribution in [0.3, 0.4) is 0 Å². The van der Waals surface area contributed by atoms with Gasteiger partial charge in [-0.1, -0.05) is 42.5 Å². The molecule has 2 aromatic carbocycles. The fourth-order valence-electron chi connectivity index (χ4n) is 2.50. The van der Waals surface area contributed by atoms with Gasteiger partial charge >= 0.3 is 0 Å². The van der Waals surface area contributed by atoms with Crippen molar-refractivity contribution in [3.05, 3.63) is 78.1 Å². The van der Waals surface area contributed by atoms with Crippen LogP contribution in [0.15, 0.2) is 71.9 Å². The van der Waals surface area contributed by atoms with Crippen LogP contribution in [0.5, 0.6) is 0 Å². The lowest BCUT2D eigenvalue weighted by molar-refractivity contribution is 0.602. The third-order valence-corrected chi connectivity index (χ3v) is 4.79. The maximum atomic E-state index is 11.5. The van der Waals surface area contributed by atoms with Gasteiger partial charge in [-0.3, -0.25) is 0 Å². The zero-order valence-corrected chi connectivity index (χ0v) is 13.1. The first-order chi connectivity index (χ1) is 10.5. The van der Waals surface area contributed by atoms with Crippen molar-refractivity contribution in [2.24, 2.45) is 0 Å². The van der Waals surface area contributed by atoms with Crippen molar-refractivity contribution < 1.29 is 8.42 Å². The van der Waals surface area contributed by atoms with Crippen LogP contribution in [0.4, 0.5) is 0 Å². The number of benzene rings is 2. The summed E-state index contributed by atoms with van der Waals surface area (Å²) in [6.45, 7) is 0. The summed E-state index contributed by atoms with van der Waals surface area (Å²) < 4.78 is 23.0. The summed E-state index contributed by atoms with van der Waals surface area (Å²) in [5, 5.41) is 0. The first-order valence-electron chi connectivity index (χ1n) is 7.04. The molecule has 0 saturated carbocycles. The van der Waals surface area contributed by atoms with E-state index < -0.39 is 9.84 Å². The van der Waals surface area contributed by atoms with Crippen LogP contribution < -0.4 is 0 Å². The van der Waals surface area contributed by atoms with E-state index in [4.69, 9.17) is 0 Å². The number of hydrogen-bond donors (Lipinski definition) is 1. The van der Waals surface area contributed by atoms with Gasteiger partial charge in [0.2, 0.25) is 0 Å². The first kappa shape index (κ1) is 14.6. The molecule has 4 heteroatoms. The molecule has 0 unspecified atom stereocenters. The molecule has 0 fully saturated rings. The molecule has 3 aromatic rings. The van der Waals surface area contributed by atoms with Crippen molar-refractivity contribution >= 4 is 9.84 Å². The lowest BCUT2D eigenvalue weighted by Crippen LogP contribution is -1.97. The number of rotatable bonds is 4. The first-order valence-corrected chi connectivity index (χ1v) is 8.93. The van der Waals surface area contributed by atoms with Crippen LogP contribution in [-0.4, -0.2) is 19.7 Å². The Bertz CT molecular complexity index is 863. The molecule has 0 bridgehead atoms. The minimum Gasteiger partial charge on any atom is -0.367 e. The van der Waals surface area contributed by atoms with Crippen LogP contribution in [-0.2, 0) is 16.3 Å². The summed E-state index contributed by atoms with van der Waals surface area (Å²) in [7, 11) is -3.14. The molecule has 0 spiro atoms. The molecule has 0 aliphatic heterocycles. The predicted octanol–water partition coefficient (Wildman–Crippen LogP) is 3.68. The quantitative estimate of drug-likeness (QED) is 0.799. The molecular formula is C18H17NO2S. The minimum atomic E-state index is -3.14. The second-order valence-electron chi connectivity index (χ2n) is 5.35. The van der Waals surface area contributed by atoms with Gasteiger partial charge in [-0.05, 0) is 35.2 Å². The standard InChI is InChI=1S/C18H17NO2S/c1-22(20,21)17-9-7-14(8-10-17)11-16-12-19-13-18(16)15-5-3-2-4-6-15/h2-10,12-13,19H,11H2,1H3. The molecule has 1 heterocycles. The van der Waals surface area contributed by atoms with E-state index in [1.54, 1.807) is 12.1 Å². The molecular weight excluding hydrogens is 294 g/mol. The summed E-state index contributed by atoms with van der Waals surface area (Å²) in [4.78, 5) is 3.51. The molecule has 0 aliphatic rings. The number of H-pyrrole nitrogens is 1. The molecule has 1 N–H and O–H groups in total. The third kappa shape index (κ3) is 3.12. The van der Waals surface area contributed by atoms with Gasteiger partial charge in [-0.25, -0.2) is 8.42 Å². The lowest BCUT2D eigenvalue weighted by atomic mass is 9.99. The summed E-state index contributed by atoms with van der Waals surface area (Å²) in [5.41, 5.74) is 4.63. The average molecular weight is 311 g/mol. The Hall–Kier alpha value is -2.33. The minimum absolute atomic E-state index is 0.355. The third-order valence-electron chi connectivity index (χ3n) is 3.66. The van der Waals surface area contributed by atoms with E-state index in [0.29, 0.717) is 4.90 Å². The van der Waals surface area contributed by atoms with E-state index in [2.05, 4.69) is 17.1 Å². The molecule has 0 amide bonds. The fourth-order valence-corrected chi connectivity index (χ4v) is 3.13. The molecule has 3 nitrogen and oxygen atoms in total. The van der Waals surface area contributed by atoms with Gasteiger partial charge in [0, 0.05) is 24.2 Å². The van der Waals surface area contributed by atoms with Crippen LogP contribution in [0, 0.1) is 0 Å². The second kappa shape index (κ2) is 5.81. The van der Waals surface area contributed by atoms with Crippen LogP contribution in [0.25, 0.3) is 11.1 Å².